The molecule has 1 N–H and O–H groups in total. The average molecular weight is 337 g/mol. The van der Waals surface area contributed by atoms with Gasteiger partial charge in [0.2, 0.25) is 0 Å². The Labute approximate surface area is 143 Å². The summed E-state index contributed by atoms with van der Waals surface area (Å²) in [5.74, 6) is 0.261. The first-order valence-electron chi connectivity index (χ1n) is 7.94. The highest BCUT2D eigenvalue weighted by Gasteiger charge is 2.28. The summed E-state index contributed by atoms with van der Waals surface area (Å²) in [4.78, 5) is 9.47. The minimum Gasteiger partial charge on any atom is -0.506 e. The molecular formula is C19H25ClO3. The molecule has 1 aromatic rings. The van der Waals surface area contributed by atoms with E-state index in [0.29, 0.717) is 11.6 Å². The van der Waals surface area contributed by atoms with E-state index in [4.69, 9.17) is 16.5 Å². The molecule has 1 aliphatic carbocycles. The third kappa shape index (κ3) is 4.60. The SMILES string of the molecule is COOC/C(C)=C/CC/C(C)=C/Cc1c(O)c(Cl)c(C)c2c1C2. The molecule has 0 saturated carbocycles. The van der Waals surface area contributed by atoms with Gasteiger partial charge in [0.05, 0.1) is 12.1 Å². The zero-order valence-corrected chi connectivity index (χ0v) is 15.1. The summed E-state index contributed by atoms with van der Waals surface area (Å²) in [5, 5.41) is 10.8. The second kappa shape index (κ2) is 8.00. The summed E-state index contributed by atoms with van der Waals surface area (Å²) in [7, 11) is 1.51. The number of halogens is 1. The van der Waals surface area contributed by atoms with E-state index in [1.54, 1.807) is 0 Å². The largest absolute Gasteiger partial charge is 0.506 e. The molecule has 3 nitrogen and oxygen atoms in total. The van der Waals surface area contributed by atoms with E-state index in [1.807, 2.05) is 13.8 Å². The third-order valence-electron chi connectivity index (χ3n) is 4.32. The summed E-state index contributed by atoms with van der Waals surface area (Å²) >= 11 is 6.20. The Morgan fingerprint density at radius 2 is 1.96 bits per heavy atom. The Bertz CT molecular complexity index is 645. The molecule has 0 atom stereocenters. The van der Waals surface area contributed by atoms with Crippen LogP contribution in [0, 0.1) is 6.92 Å². The molecule has 0 spiro atoms. The summed E-state index contributed by atoms with van der Waals surface area (Å²) < 4.78 is 0. The second-order valence-electron chi connectivity index (χ2n) is 6.17. The van der Waals surface area contributed by atoms with E-state index in [9.17, 15) is 5.11 Å². The standard InChI is InChI=1S/C19H25ClO3/c1-12(6-5-7-13(2)11-23-22-4)8-9-15-17-10-16(17)14(3)18(20)19(15)21/h7-8,21H,5-6,9-11H2,1-4H3/b12-8+,13-7+. The minimum atomic E-state index is 0.261. The molecule has 0 bridgehead atoms. The van der Waals surface area contributed by atoms with Crippen LogP contribution in [0.15, 0.2) is 23.3 Å². The van der Waals surface area contributed by atoms with Crippen molar-refractivity contribution in [2.45, 2.75) is 46.5 Å². The van der Waals surface area contributed by atoms with Crippen LogP contribution in [0.2, 0.25) is 5.02 Å². The predicted molar refractivity (Wildman–Crippen MR) is 94.1 cm³/mol. The maximum absolute atomic E-state index is 10.2. The van der Waals surface area contributed by atoms with Crippen molar-refractivity contribution in [1.82, 2.24) is 0 Å². The molecule has 0 aliphatic heterocycles. The van der Waals surface area contributed by atoms with Crippen molar-refractivity contribution in [3.8, 4) is 5.75 Å². The Hall–Kier alpha value is -1.29. The first-order chi connectivity index (χ1) is 11.0. The molecular weight excluding hydrogens is 312 g/mol. The number of benzene rings is 1. The number of aromatic hydroxyl groups is 1. The first-order valence-corrected chi connectivity index (χ1v) is 8.32. The quantitative estimate of drug-likeness (QED) is 0.416. The molecule has 126 valence electrons. The van der Waals surface area contributed by atoms with Crippen LogP contribution in [0.25, 0.3) is 0 Å². The maximum Gasteiger partial charge on any atom is 0.138 e. The number of rotatable bonds is 8. The summed E-state index contributed by atoms with van der Waals surface area (Å²) in [6.07, 6.45) is 8.03. The van der Waals surface area contributed by atoms with Crippen molar-refractivity contribution in [1.29, 1.82) is 0 Å². The number of allylic oxidation sites excluding steroid dienone is 3. The molecule has 0 amide bonds. The van der Waals surface area contributed by atoms with Crippen molar-refractivity contribution in [2.75, 3.05) is 13.7 Å². The Kier molecular flexibility index (Phi) is 6.28. The Balaban J connectivity index is 1.91. The summed E-state index contributed by atoms with van der Waals surface area (Å²) in [5.41, 5.74) is 7.09. The van der Waals surface area contributed by atoms with Crippen LogP contribution in [0.5, 0.6) is 5.75 Å². The molecule has 0 saturated heterocycles. The first kappa shape index (κ1) is 18.1. The lowest BCUT2D eigenvalue weighted by molar-refractivity contribution is -0.265. The maximum atomic E-state index is 10.2. The monoisotopic (exact) mass is 336 g/mol. The molecule has 4 heteroatoms. The van der Waals surface area contributed by atoms with Crippen LogP contribution in [0.1, 0.15) is 48.9 Å². The molecule has 1 aromatic carbocycles. The smallest absolute Gasteiger partial charge is 0.138 e. The highest BCUT2D eigenvalue weighted by molar-refractivity contribution is 6.33. The molecule has 1 aliphatic rings. The number of hydrogen-bond donors (Lipinski definition) is 1. The van der Waals surface area contributed by atoms with Crippen molar-refractivity contribution >= 4 is 11.6 Å². The Morgan fingerprint density at radius 1 is 1.22 bits per heavy atom. The highest BCUT2D eigenvalue weighted by atomic mass is 35.5. The fourth-order valence-electron chi connectivity index (χ4n) is 2.72. The van der Waals surface area contributed by atoms with Crippen molar-refractivity contribution < 1.29 is 14.9 Å². The zero-order valence-electron chi connectivity index (χ0n) is 14.3. The number of hydrogen-bond acceptors (Lipinski definition) is 3. The highest BCUT2D eigenvalue weighted by Crippen LogP contribution is 2.45. The lowest BCUT2D eigenvalue weighted by Gasteiger charge is -2.07. The molecule has 0 fully saturated rings. The molecule has 23 heavy (non-hydrogen) atoms. The van der Waals surface area contributed by atoms with Crippen molar-refractivity contribution in [3.63, 3.8) is 0 Å². The molecule has 0 heterocycles. The topological polar surface area (TPSA) is 38.7 Å². The molecule has 0 unspecified atom stereocenters. The van der Waals surface area contributed by atoms with Gasteiger partial charge in [0.15, 0.2) is 0 Å². The van der Waals surface area contributed by atoms with Crippen molar-refractivity contribution in [2.24, 2.45) is 0 Å². The van der Waals surface area contributed by atoms with Crippen LogP contribution in [-0.4, -0.2) is 18.8 Å². The molecule has 2 rings (SSSR count). The predicted octanol–water partition coefficient (Wildman–Crippen LogP) is 5.05. The van der Waals surface area contributed by atoms with E-state index < -0.39 is 0 Å². The van der Waals surface area contributed by atoms with Gasteiger partial charge < -0.3 is 5.11 Å². The fourth-order valence-corrected chi connectivity index (χ4v) is 2.95. The van der Waals surface area contributed by atoms with Crippen LogP contribution in [0.4, 0.5) is 0 Å². The van der Waals surface area contributed by atoms with Gasteiger partial charge in [-0.15, -0.1) is 0 Å². The summed E-state index contributed by atoms with van der Waals surface area (Å²) in [6, 6.07) is 0. The number of phenols is 1. The van der Waals surface area contributed by atoms with E-state index in [2.05, 4.69) is 24.0 Å². The van der Waals surface area contributed by atoms with Gasteiger partial charge in [0.1, 0.15) is 12.4 Å². The average Bonchev–Trinajstić information content (AvgIpc) is 3.31. The lowest BCUT2D eigenvalue weighted by atomic mass is 10.0. The third-order valence-corrected chi connectivity index (χ3v) is 4.79. The second-order valence-corrected chi connectivity index (χ2v) is 6.55. The van der Waals surface area contributed by atoms with E-state index in [-0.39, 0.29) is 5.75 Å². The van der Waals surface area contributed by atoms with Crippen LogP contribution < -0.4 is 0 Å². The normalized spacial score (nSPS) is 14.1. The van der Waals surface area contributed by atoms with Gasteiger partial charge in [-0.1, -0.05) is 29.3 Å². The van der Waals surface area contributed by atoms with E-state index in [0.717, 1.165) is 42.4 Å². The van der Waals surface area contributed by atoms with Gasteiger partial charge in [-0.05, 0) is 68.7 Å². The molecule has 0 aromatic heterocycles. The Morgan fingerprint density at radius 3 is 2.65 bits per heavy atom. The van der Waals surface area contributed by atoms with Crippen molar-refractivity contribution in [3.05, 3.63) is 50.6 Å². The van der Waals surface area contributed by atoms with Gasteiger partial charge in [-0.2, -0.15) is 0 Å². The van der Waals surface area contributed by atoms with Gasteiger partial charge in [-0.3, -0.25) is 0 Å². The van der Waals surface area contributed by atoms with E-state index in [1.165, 1.54) is 23.8 Å². The lowest BCUT2D eigenvalue weighted by Crippen LogP contribution is -1.94. The van der Waals surface area contributed by atoms with Gasteiger partial charge in [0.25, 0.3) is 0 Å². The van der Waals surface area contributed by atoms with Gasteiger partial charge in [-0.25, -0.2) is 9.78 Å². The molecule has 0 radical (unpaired) electrons. The van der Waals surface area contributed by atoms with Crippen LogP contribution in [-0.2, 0) is 22.6 Å². The van der Waals surface area contributed by atoms with Gasteiger partial charge >= 0.3 is 0 Å². The van der Waals surface area contributed by atoms with Gasteiger partial charge in [0, 0.05) is 5.56 Å². The number of fused-ring (bicyclic) bond motifs is 1. The zero-order chi connectivity index (χ0) is 17.0. The number of phenolic OH excluding ortho intramolecular Hbond substituents is 1. The fraction of sp³-hybridized carbons (Fsp3) is 0.474. The van der Waals surface area contributed by atoms with E-state index >= 15 is 0 Å². The minimum absolute atomic E-state index is 0.261. The van der Waals surface area contributed by atoms with Crippen LogP contribution >= 0.6 is 11.6 Å². The summed E-state index contributed by atoms with van der Waals surface area (Å²) in [6.45, 7) is 6.63. The van der Waals surface area contributed by atoms with Crippen LogP contribution in [0.3, 0.4) is 0 Å².